The molecule has 5 atom stereocenters. The molecule has 4 rings (SSSR count). The van der Waals surface area contributed by atoms with Crippen molar-refractivity contribution in [2.75, 3.05) is 0 Å². The normalized spacial score (nSPS) is 34.8. The zero-order valence-corrected chi connectivity index (χ0v) is 18.1. The van der Waals surface area contributed by atoms with Gasteiger partial charge < -0.3 is 10.2 Å². The summed E-state index contributed by atoms with van der Waals surface area (Å²) in [5.74, 6) is -10.7. The van der Waals surface area contributed by atoms with Gasteiger partial charge in [-0.1, -0.05) is 25.1 Å². The van der Waals surface area contributed by atoms with E-state index in [4.69, 9.17) is 0 Å². The minimum absolute atomic E-state index is 0.0602. The van der Waals surface area contributed by atoms with Gasteiger partial charge in [-0.2, -0.15) is 30.7 Å². The standard InChI is InChI=1S/C24H27F7O2/c1-20-11-7-17-16-6-4-15(32)13-14(16)3-5-18(17)19(20)8-12-21(20,33)9-2-10-22(25,26)23(27,28)24(29,30)31/h2,4,6,9,13,17-19,32-33H,3,5,7-8,10-12H2,1H3/b9-2+/t17-,18-,19+,20+,21+/m1/s1. The van der Waals surface area contributed by atoms with Crippen LogP contribution in [0.1, 0.15) is 62.5 Å². The third-order valence-electron chi connectivity index (χ3n) is 8.51. The van der Waals surface area contributed by atoms with Gasteiger partial charge in [0.25, 0.3) is 0 Å². The molecule has 1 aromatic rings. The topological polar surface area (TPSA) is 40.5 Å². The Labute approximate surface area is 187 Å². The summed E-state index contributed by atoms with van der Waals surface area (Å²) in [6.07, 6.45) is -2.81. The zero-order chi connectivity index (χ0) is 24.4. The molecule has 2 nitrogen and oxygen atoms in total. The fourth-order valence-corrected chi connectivity index (χ4v) is 6.63. The SMILES string of the molecule is C[C@]12CC[C@@H]3c4ccc(O)cc4CC[C@H]3[C@@H]1CC[C@@]2(O)/C=C/CC(F)(F)C(F)(F)C(F)(F)F. The number of fused-ring (bicyclic) bond motifs is 5. The number of aryl methyl sites for hydroxylation is 1. The van der Waals surface area contributed by atoms with E-state index < -0.39 is 35.5 Å². The van der Waals surface area contributed by atoms with E-state index in [-0.39, 0.29) is 29.9 Å². The van der Waals surface area contributed by atoms with E-state index in [9.17, 15) is 40.9 Å². The van der Waals surface area contributed by atoms with Gasteiger partial charge in [-0.3, -0.25) is 0 Å². The Balaban J connectivity index is 1.53. The van der Waals surface area contributed by atoms with Crippen molar-refractivity contribution in [1.82, 2.24) is 0 Å². The third-order valence-corrected chi connectivity index (χ3v) is 8.51. The molecular weight excluding hydrogens is 453 g/mol. The van der Waals surface area contributed by atoms with Crippen LogP contribution in [0.3, 0.4) is 0 Å². The van der Waals surface area contributed by atoms with Crippen LogP contribution in [-0.4, -0.2) is 33.8 Å². The molecule has 2 saturated carbocycles. The van der Waals surface area contributed by atoms with E-state index in [2.05, 4.69) is 0 Å². The summed E-state index contributed by atoms with van der Waals surface area (Å²) < 4.78 is 90.9. The largest absolute Gasteiger partial charge is 0.508 e. The highest BCUT2D eigenvalue weighted by Gasteiger charge is 2.72. The molecule has 9 heteroatoms. The molecule has 1 aromatic carbocycles. The second-order valence-corrected chi connectivity index (χ2v) is 10.1. The summed E-state index contributed by atoms with van der Waals surface area (Å²) in [4.78, 5) is 0. The molecule has 0 unspecified atom stereocenters. The first-order chi connectivity index (χ1) is 15.1. The number of hydrogen-bond acceptors (Lipinski definition) is 2. The summed E-state index contributed by atoms with van der Waals surface area (Å²) in [6, 6.07) is 5.34. The second kappa shape index (κ2) is 7.62. The number of halogens is 7. The molecule has 0 heterocycles. The van der Waals surface area contributed by atoms with Crippen LogP contribution < -0.4 is 0 Å². The fraction of sp³-hybridized carbons (Fsp3) is 0.667. The number of aromatic hydroxyl groups is 1. The average Bonchev–Trinajstić information content (AvgIpc) is 2.97. The van der Waals surface area contributed by atoms with E-state index in [1.165, 1.54) is 5.56 Å². The maximum atomic E-state index is 13.7. The molecule has 3 aliphatic rings. The van der Waals surface area contributed by atoms with E-state index in [1.807, 2.05) is 13.0 Å². The monoisotopic (exact) mass is 480 g/mol. The van der Waals surface area contributed by atoms with Crippen LogP contribution in [-0.2, 0) is 6.42 Å². The van der Waals surface area contributed by atoms with Crippen LogP contribution in [0.4, 0.5) is 30.7 Å². The molecule has 0 aliphatic heterocycles. The summed E-state index contributed by atoms with van der Waals surface area (Å²) in [5.41, 5.74) is 0.0227. The van der Waals surface area contributed by atoms with E-state index in [0.29, 0.717) is 18.9 Å². The minimum Gasteiger partial charge on any atom is -0.508 e. The van der Waals surface area contributed by atoms with Crippen molar-refractivity contribution >= 4 is 0 Å². The van der Waals surface area contributed by atoms with Crippen molar-refractivity contribution in [1.29, 1.82) is 0 Å². The first-order valence-corrected chi connectivity index (χ1v) is 11.2. The highest BCUT2D eigenvalue weighted by Crippen LogP contribution is 2.64. The molecule has 0 radical (unpaired) electrons. The van der Waals surface area contributed by atoms with Crippen molar-refractivity contribution in [2.45, 2.75) is 81.4 Å². The number of aliphatic hydroxyl groups is 1. The number of hydrogen-bond donors (Lipinski definition) is 2. The molecule has 184 valence electrons. The first-order valence-electron chi connectivity index (χ1n) is 11.2. The van der Waals surface area contributed by atoms with Crippen molar-refractivity contribution < 1.29 is 40.9 Å². The van der Waals surface area contributed by atoms with Crippen molar-refractivity contribution in [3.8, 4) is 5.75 Å². The molecule has 33 heavy (non-hydrogen) atoms. The number of benzene rings is 1. The first kappa shape index (κ1) is 24.4. The summed E-state index contributed by atoms with van der Waals surface area (Å²) in [7, 11) is 0. The molecule has 0 amide bonds. The Morgan fingerprint density at radius 2 is 1.73 bits per heavy atom. The molecule has 2 N–H and O–H groups in total. The van der Waals surface area contributed by atoms with Gasteiger partial charge in [0.05, 0.1) is 5.60 Å². The molecule has 0 spiro atoms. The smallest absolute Gasteiger partial charge is 0.459 e. The van der Waals surface area contributed by atoms with E-state index >= 15 is 0 Å². The molecular formula is C24H27F7O2. The van der Waals surface area contributed by atoms with E-state index in [0.717, 1.165) is 30.9 Å². The number of alkyl halides is 7. The average molecular weight is 480 g/mol. The van der Waals surface area contributed by atoms with Crippen LogP contribution in [0, 0.1) is 17.3 Å². The van der Waals surface area contributed by atoms with Gasteiger partial charge in [-0.05, 0) is 79.5 Å². The van der Waals surface area contributed by atoms with Crippen LogP contribution >= 0.6 is 0 Å². The van der Waals surface area contributed by atoms with Gasteiger partial charge in [0.1, 0.15) is 5.75 Å². The lowest BCUT2D eigenvalue weighted by Gasteiger charge is -2.52. The Hall–Kier alpha value is -1.77. The molecule has 3 aliphatic carbocycles. The summed E-state index contributed by atoms with van der Waals surface area (Å²) in [6.45, 7) is 1.86. The molecule has 2 fully saturated rings. The molecule has 0 bridgehead atoms. The number of rotatable bonds is 4. The van der Waals surface area contributed by atoms with Gasteiger partial charge in [-0.15, -0.1) is 0 Å². The van der Waals surface area contributed by atoms with Gasteiger partial charge >= 0.3 is 18.0 Å². The van der Waals surface area contributed by atoms with Crippen LogP contribution in [0.5, 0.6) is 5.75 Å². The zero-order valence-electron chi connectivity index (χ0n) is 18.1. The van der Waals surface area contributed by atoms with Gasteiger partial charge in [0, 0.05) is 11.8 Å². The lowest BCUT2D eigenvalue weighted by atomic mass is 9.53. The van der Waals surface area contributed by atoms with Crippen LogP contribution in [0.15, 0.2) is 30.4 Å². The van der Waals surface area contributed by atoms with Gasteiger partial charge in [0.2, 0.25) is 0 Å². The third kappa shape index (κ3) is 3.65. The summed E-state index contributed by atoms with van der Waals surface area (Å²) >= 11 is 0. The predicted octanol–water partition coefficient (Wildman–Crippen LogP) is 6.76. The Kier molecular flexibility index (Phi) is 5.62. The highest BCUT2D eigenvalue weighted by atomic mass is 19.4. The van der Waals surface area contributed by atoms with Gasteiger partial charge in [-0.25, -0.2) is 0 Å². The molecule has 0 aromatic heterocycles. The lowest BCUT2D eigenvalue weighted by molar-refractivity contribution is -0.353. The summed E-state index contributed by atoms with van der Waals surface area (Å²) in [5, 5.41) is 21.1. The Morgan fingerprint density at radius 3 is 2.39 bits per heavy atom. The highest BCUT2D eigenvalue weighted by molar-refractivity contribution is 5.40. The van der Waals surface area contributed by atoms with Crippen molar-refractivity contribution in [3.05, 3.63) is 41.5 Å². The fourth-order valence-electron chi connectivity index (χ4n) is 6.63. The molecule has 0 saturated heterocycles. The maximum Gasteiger partial charge on any atom is 0.459 e. The Morgan fingerprint density at radius 1 is 1.03 bits per heavy atom. The minimum atomic E-state index is -6.36. The second-order valence-electron chi connectivity index (χ2n) is 10.1. The van der Waals surface area contributed by atoms with Crippen molar-refractivity contribution in [2.24, 2.45) is 17.3 Å². The predicted molar refractivity (Wildman–Crippen MR) is 107 cm³/mol. The maximum absolute atomic E-state index is 13.7. The number of phenolic OH excluding ortho intramolecular Hbond substituents is 1. The Bertz CT molecular complexity index is 941. The van der Waals surface area contributed by atoms with E-state index in [1.54, 1.807) is 12.1 Å². The number of allylic oxidation sites excluding steroid dienone is 1. The lowest BCUT2D eigenvalue weighted by Crippen LogP contribution is -2.52. The quantitative estimate of drug-likeness (QED) is 0.369. The van der Waals surface area contributed by atoms with Crippen LogP contribution in [0.25, 0.3) is 0 Å². The van der Waals surface area contributed by atoms with Crippen molar-refractivity contribution in [3.63, 3.8) is 0 Å². The van der Waals surface area contributed by atoms with Gasteiger partial charge in [0.15, 0.2) is 0 Å². The van der Waals surface area contributed by atoms with Crippen LogP contribution in [0.2, 0.25) is 0 Å². The number of phenols is 1.